The second kappa shape index (κ2) is 11.2. The fourth-order valence-electron chi connectivity index (χ4n) is 4.64. The topological polar surface area (TPSA) is 45.2 Å². The van der Waals surface area contributed by atoms with Crippen LogP contribution in [-0.2, 0) is 6.54 Å². The monoisotopic (exact) mass is 438 g/mol. The normalized spacial score (nSPS) is 22.6. The van der Waals surface area contributed by atoms with E-state index >= 15 is 0 Å². The van der Waals surface area contributed by atoms with Gasteiger partial charge < -0.3 is 14.6 Å². The molecule has 0 spiro atoms. The van der Waals surface area contributed by atoms with Gasteiger partial charge in [-0.3, -0.25) is 9.80 Å². The summed E-state index contributed by atoms with van der Waals surface area (Å²) < 4.78 is 11.8. The Morgan fingerprint density at radius 1 is 0.781 bits per heavy atom. The lowest BCUT2D eigenvalue weighted by molar-refractivity contribution is -0.0168. The van der Waals surface area contributed by atoms with Crippen molar-refractivity contribution in [2.45, 2.75) is 51.2 Å². The number of hydrogen-bond acceptors (Lipinski definition) is 5. The van der Waals surface area contributed by atoms with Gasteiger partial charge in [-0.2, -0.15) is 0 Å². The van der Waals surface area contributed by atoms with Gasteiger partial charge in [0.25, 0.3) is 0 Å². The second-order valence-corrected chi connectivity index (χ2v) is 9.50. The molecule has 2 aromatic carbocycles. The summed E-state index contributed by atoms with van der Waals surface area (Å²) in [7, 11) is 0. The van der Waals surface area contributed by atoms with Crippen molar-refractivity contribution < 1.29 is 14.6 Å². The van der Waals surface area contributed by atoms with Gasteiger partial charge in [0.15, 0.2) is 0 Å². The first-order chi connectivity index (χ1) is 15.6. The van der Waals surface area contributed by atoms with Gasteiger partial charge in [-0.05, 0) is 88.5 Å². The molecule has 32 heavy (non-hydrogen) atoms. The molecule has 2 aliphatic rings. The van der Waals surface area contributed by atoms with E-state index in [-0.39, 0.29) is 0 Å². The molecule has 5 heteroatoms. The van der Waals surface area contributed by atoms with Crippen LogP contribution in [0.1, 0.15) is 43.2 Å². The van der Waals surface area contributed by atoms with Crippen LogP contribution < -0.4 is 9.47 Å². The minimum Gasteiger partial charge on any atom is -0.492 e. The van der Waals surface area contributed by atoms with Crippen molar-refractivity contribution in [1.29, 1.82) is 0 Å². The lowest BCUT2D eigenvalue weighted by Crippen LogP contribution is -2.37. The number of likely N-dealkylation sites (tertiary alicyclic amines) is 2. The van der Waals surface area contributed by atoms with E-state index in [2.05, 4.69) is 41.0 Å². The number of rotatable bonds is 9. The van der Waals surface area contributed by atoms with Crippen molar-refractivity contribution in [1.82, 2.24) is 9.80 Å². The van der Waals surface area contributed by atoms with Gasteiger partial charge in [0.2, 0.25) is 0 Å². The Labute approximate surface area is 192 Å². The number of aryl methyl sites for hydroxylation is 1. The third kappa shape index (κ3) is 6.96. The van der Waals surface area contributed by atoms with Crippen molar-refractivity contribution in [3.8, 4) is 11.5 Å². The molecule has 2 heterocycles. The Balaban J connectivity index is 1.20. The van der Waals surface area contributed by atoms with E-state index in [1.54, 1.807) is 0 Å². The van der Waals surface area contributed by atoms with E-state index in [1.807, 2.05) is 24.3 Å². The quantitative estimate of drug-likeness (QED) is 0.634. The molecule has 1 N–H and O–H groups in total. The fraction of sp³-hybridized carbons (Fsp3) is 0.556. The minimum atomic E-state index is -0.757. The number of aliphatic hydroxyl groups is 1. The van der Waals surface area contributed by atoms with Gasteiger partial charge >= 0.3 is 0 Å². The van der Waals surface area contributed by atoms with E-state index in [9.17, 15) is 5.11 Å². The summed E-state index contributed by atoms with van der Waals surface area (Å²) in [4.78, 5) is 4.91. The third-order valence-corrected chi connectivity index (χ3v) is 6.74. The molecule has 174 valence electrons. The van der Waals surface area contributed by atoms with E-state index in [4.69, 9.17) is 9.47 Å². The zero-order valence-electron chi connectivity index (χ0n) is 19.5. The number of nitrogens with zero attached hydrogens (tertiary/aromatic N) is 2. The Morgan fingerprint density at radius 3 is 2.19 bits per heavy atom. The summed E-state index contributed by atoms with van der Waals surface area (Å²) in [5, 5.41) is 11.1. The predicted molar refractivity (Wildman–Crippen MR) is 128 cm³/mol. The van der Waals surface area contributed by atoms with Gasteiger partial charge in [-0.1, -0.05) is 29.8 Å². The molecular formula is C27H38N2O3. The first-order valence-corrected chi connectivity index (χ1v) is 12.2. The molecule has 5 nitrogen and oxygen atoms in total. The molecule has 4 rings (SSSR count). The Hall–Kier alpha value is -2.08. The highest BCUT2D eigenvalue weighted by atomic mass is 16.5. The first-order valence-electron chi connectivity index (χ1n) is 12.2. The SMILES string of the molecule is Cc1ccc(OC[C@]2(O)CCCN(Cc3ccc(OCCN4CCCC4)cc3)CC2)cc1. The average Bonchev–Trinajstić information content (AvgIpc) is 3.25. The van der Waals surface area contributed by atoms with Crippen molar-refractivity contribution in [2.75, 3.05) is 45.9 Å². The van der Waals surface area contributed by atoms with Crippen molar-refractivity contribution in [3.05, 3.63) is 59.7 Å². The maximum absolute atomic E-state index is 11.1. The number of hydrogen-bond donors (Lipinski definition) is 1. The number of benzene rings is 2. The summed E-state index contributed by atoms with van der Waals surface area (Å²) in [6.07, 6.45) is 5.13. The fourth-order valence-corrected chi connectivity index (χ4v) is 4.64. The van der Waals surface area contributed by atoms with Gasteiger partial charge in [0.05, 0.1) is 5.60 Å². The summed E-state index contributed by atoms with van der Waals surface area (Å²) in [5.41, 5.74) is 1.74. The largest absolute Gasteiger partial charge is 0.492 e. The lowest BCUT2D eigenvalue weighted by Gasteiger charge is -2.27. The van der Waals surface area contributed by atoms with Gasteiger partial charge in [0.1, 0.15) is 24.7 Å². The standard InChI is InChI=1S/C27H38N2O3/c1-23-5-9-26(10-6-23)32-22-27(30)13-4-17-29(18-14-27)21-24-7-11-25(12-8-24)31-20-19-28-15-2-3-16-28/h5-12,30H,2-4,13-22H2,1H3/t27-/m0/s1. The Bertz CT molecular complexity index is 818. The van der Waals surface area contributed by atoms with Crippen molar-refractivity contribution >= 4 is 0 Å². The molecule has 0 bridgehead atoms. The summed E-state index contributed by atoms with van der Waals surface area (Å²) in [6, 6.07) is 16.5. The predicted octanol–water partition coefficient (Wildman–Crippen LogP) is 4.27. The van der Waals surface area contributed by atoms with Crippen LogP contribution in [0.3, 0.4) is 0 Å². The third-order valence-electron chi connectivity index (χ3n) is 6.74. The van der Waals surface area contributed by atoms with Gasteiger partial charge in [-0.15, -0.1) is 0 Å². The smallest absolute Gasteiger partial charge is 0.119 e. The van der Waals surface area contributed by atoms with Gasteiger partial charge in [-0.25, -0.2) is 0 Å². The Morgan fingerprint density at radius 2 is 1.44 bits per heavy atom. The molecule has 0 saturated carbocycles. The first kappa shape index (κ1) is 23.1. The van der Waals surface area contributed by atoms with Crippen LogP contribution in [0.25, 0.3) is 0 Å². The van der Waals surface area contributed by atoms with E-state index in [0.717, 1.165) is 63.5 Å². The maximum atomic E-state index is 11.1. The average molecular weight is 439 g/mol. The molecule has 2 fully saturated rings. The molecule has 0 unspecified atom stereocenters. The second-order valence-electron chi connectivity index (χ2n) is 9.50. The summed E-state index contributed by atoms with van der Waals surface area (Å²) >= 11 is 0. The van der Waals surface area contributed by atoms with E-state index < -0.39 is 5.60 Å². The molecule has 2 aliphatic heterocycles. The molecule has 2 aromatic rings. The molecular weight excluding hydrogens is 400 g/mol. The van der Waals surface area contributed by atoms with Crippen LogP contribution in [0.2, 0.25) is 0 Å². The van der Waals surface area contributed by atoms with E-state index in [0.29, 0.717) is 6.61 Å². The minimum absolute atomic E-state index is 0.355. The highest BCUT2D eigenvalue weighted by Crippen LogP contribution is 2.25. The van der Waals surface area contributed by atoms with Crippen LogP contribution in [0, 0.1) is 6.92 Å². The van der Waals surface area contributed by atoms with Gasteiger partial charge in [0, 0.05) is 19.6 Å². The summed E-state index contributed by atoms with van der Waals surface area (Å²) in [6.45, 7) is 9.41. The lowest BCUT2D eigenvalue weighted by atomic mass is 9.96. The molecule has 0 aromatic heterocycles. The number of ether oxygens (including phenoxy) is 2. The highest BCUT2D eigenvalue weighted by Gasteiger charge is 2.31. The van der Waals surface area contributed by atoms with E-state index in [1.165, 1.54) is 37.1 Å². The maximum Gasteiger partial charge on any atom is 0.119 e. The van der Waals surface area contributed by atoms with Crippen LogP contribution in [0.5, 0.6) is 11.5 Å². The molecule has 0 aliphatic carbocycles. The molecule has 0 amide bonds. The molecule has 0 radical (unpaired) electrons. The van der Waals surface area contributed by atoms with Crippen LogP contribution in [0.4, 0.5) is 0 Å². The van der Waals surface area contributed by atoms with Crippen molar-refractivity contribution in [2.24, 2.45) is 0 Å². The van der Waals surface area contributed by atoms with Crippen LogP contribution >= 0.6 is 0 Å². The molecule has 2 saturated heterocycles. The summed E-state index contributed by atoms with van der Waals surface area (Å²) in [5.74, 6) is 1.78. The van der Waals surface area contributed by atoms with Crippen LogP contribution in [-0.4, -0.2) is 66.4 Å². The van der Waals surface area contributed by atoms with Crippen LogP contribution in [0.15, 0.2) is 48.5 Å². The van der Waals surface area contributed by atoms with Crippen molar-refractivity contribution in [3.63, 3.8) is 0 Å². The molecule has 1 atom stereocenters. The zero-order valence-corrected chi connectivity index (χ0v) is 19.5. The highest BCUT2D eigenvalue weighted by molar-refractivity contribution is 5.27. The Kier molecular flexibility index (Phi) is 8.06. The zero-order chi connectivity index (χ0) is 22.2.